The molecule has 2 aliphatic heterocycles. The van der Waals surface area contributed by atoms with Gasteiger partial charge in [-0.25, -0.2) is 0 Å². The second-order valence-electron chi connectivity index (χ2n) is 19.5. The van der Waals surface area contributed by atoms with E-state index in [4.69, 9.17) is 18.9 Å². The maximum Gasteiger partial charge on any atom is 0.310 e. The van der Waals surface area contributed by atoms with E-state index in [1.165, 1.54) is 5.57 Å². The Morgan fingerprint density at radius 1 is 0.712 bits per heavy atom. The fraction of sp³-hybridized carbons (Fsp3) is 0.927. The van der Waals surface area contributed by atoms with E-state index in [1.807, 2.05) is 0 Å². The van der Waals surface area contributed by atoms with Gasteiger partial charge in [-0.1, -0.05) is 53.2 Å². The molecule has 20 unspecified atom stereocenters. The number of ether oxygens (including phenoxy) is 4. The highest BCUT2D eigenvalue weighted by atomic mass is 16.7. The van der Waals surface area contributed by atoms with Gasteiger partial charge in [0.1, 0.15) is 36.6 Å². The molecule has 0 aromatic heterocycles. The SMILES string of the molecule is CC1CCC2(C(=O)O)CCC3C(=CCC4C3(C)CCC3C(C)(C)C(OC5OC(C)C(OC6OC(C)C(O)C(O)C6O)C(O)C5O)CCC34C)C2C1C. The number of hydrogen-bond acceptors (Lipinski definition) is 10. The van der Waals surface area contributed by atoms with Crippen molar-refractivity contribution in [3.05, 3.63) is 11.6 Å². The molecule has 0 aromatic carbocycles. The van der Waals surface area contributed by atoms with Crippen LogP contribution < -0.4 is 0 Å². The van der Waals surface area contributed by atoms with Crippen LogP contribution in [-0.4, -0.2) is 104 Å². The number of fused-ring (bicyclic) bond motifs is 7. The molecule has 0 aromatic rings. The van der Waals surface area contributed by atoms with Crippen LogP contribution in [-0.2, 0) is 23.7 Å². The predicted octanol–water partition coefficient (Wildman–Crippen LogP) is 4.40. The lowest BCUT2D eigenvalue weighted by Crippen LogP contribution is -2.65. The average molecular weight is 735 g/mol. The summed E-state index contributed by atoms with van der Waals surface area (Å²) >= 11 is 0. The third kappa shape index (κ3) is 5.72. The Kier molecular flexibility index (Phi) is 10.2. The van der Waals surface area contributed by atoms with Crippen LogP contribution in [0.5, 0.6) is 0 Å². The van der Waals surface area contributed by atoms with Crippen molar-refractivity contribution in [3.63, 3.8) is 0 Å². The summed E-state index contributed by atoms with van der Waals surface area (Å²) in [6, 6.07) is 0. The molecule has 4 saturated carbocycles. The molecule has 52 heavy (non-hydrogen) atoms. The summed E-state index contributed by atoms with van der Waals surface area (Å²) in [4.78, 5) is 13.0. The minimum atomic E-state index is -1.55. The predicted molar refractivity (Wildman–Crippen MR) is 190 cm³/mol. The van der Waals surface area contributed by atoms with E-state index >= 15 is 0 Å². The topological polar surface area (TPSA) is 175 Å². The van der Waals surface area contributed by atoms with E-state index in [-0.39, 0.29) is 28.3 Å². The zero-order valence-electron chi connectivity index (χ0n) is 32.5. The lowest BCUT2D eigenvalue weighted by atomic mass is 9.37. The quantitative estimate of drug-likeness (QED) is 0.175. The van der Waals surface area contributed by atoms with Gasteiger partial charge >= 0.3 is 5.97 Å². The van der Waals surface area contributed by atoms with Gasteiger partial charge < -0.3 is 49.6 Å². The highest BCUT2D eigenvalue weighted by molar-refractivity contribution is 5.76. The Balaban J connectivity index is 1.06. The first-order valence-electron chi connectivity index (χ1n) is 20.2. The molecule has 7 rings (SSSR count). The largest absolute Gasteiger partial charge is 0.481 e. The molecule has 0 radical (unpaired) electrons. The smallest absolute Gasteiger partial charge is 0.310 e. The number of rotatable bonds is 5. The zero-order chi connectivity index (χ0) is 37.9. The monoisotopic (exact) mass is 734 g/mol. The summed E-state index contributed by atoms with van der Waals surface area (Å²) in [7, 11) is 0. The molecule has 7 aliphatic rings. The van der Waals surface area contributed by atoms with E-state index in [0.717, 1.165) is 57.8 Å². The number of aliphatic hydroxyl groups excluding tert-OH is 5. The Bertz CT molecular complexity index is 1390. The summed E-state index contributed by atoms with van der Waals surface area (Å²) in [5, 5.41) is 64.0. The van der Waals surface area contributed by atoms with Crippen molar-refractivity contribution < 1.29 is 54.4 Å². The number of allylic oxidation sites excluding steroid dienone is 2. The van der Waals surface area contributed by atoms with Crippen LogP contribution in [0.25, 0.3) is 0 Å². The Morgan fingerprint density at radius 3 is 2.02 bits per heavy atom. The highest BCUT2D eigenvalue weighted by Gasteiger charge is 2.66. The van der Waals surface area contributed by atoms with Crippen molar-refractivity contribution >= 4 is 5.97 Å². The first kappa shape index (κ1) is 39.1. The summed E-state index contributed by atoms with van der Waals surface area (Å²) in [6.07, 6.45) is -1.56. The van der Waals surface area contributed by atoms with Gasteiger partial charge in [0.25, 0.3) is 0 Å². The van der Waals surface area contributed by atoms with Gasteiger partial charge in [-0.2, -0.15) is 0 Å². The van der Waals surface area contributed by atoms with Crippen LogP contribution >= 0.6 is 0 Å². The maximum absolute atomic E-state index is 13.0. The number of carbonyl (C=O) groups is 1. The van der Waals surface area contributed by atoms with Crippen molar-refractivity contribution in [3.8, 4) is 0 Å². The minimum Gasteiger partial charge on any atom is -0.481 e. The first-order chi connectivity index (χ1) is 24.3. The Morgan fingerprint density at radius 2 is 1.33 bits per heavy atom. The van der Waals surface area contributed by atoms with Gasteiger partial charge in [0.05, 0.1) is 23.7 Å². The fourth-order valence-corrected chi connectivity index (χ4v) is 13.5. The lowest BCUT2D eigenvalue weighted by Gasteiger charge is -2.68. The molecule has 2 heterocycles. The standard InChI is InChI=1S/C41H66O11/c1-19-11-17-41(37(47)48)18-12-24-23(28(41)20(19)2)9-10-26-39(24,7)15-13-25-38(5,6)27(14-16-40(25,26)8)51-35-33(46)31(44)34(22(4)50-35)52-36-32(45)30(43)29(42)21(3)49-36/h9,19-22,24-36,42-46H,10-18H2,1-8H3,(H,47,48). The highest BCUT2D eigenvalue weighted by Crippen LogP contribution is 2.72. The number of aliphatic carboxylic acids is 1. The molecular weight excluding hydrogens is 668 g/mol. The lowest BCUT2D eigenvalue weighted by molar-refractivity contribution is -0.362. The molecule has 0 bridgehead atoms. The van der Waals surface area contributed by atoms with Crippen molar-refractivity contribution in [1.82, 2.24) is 0 Å². The fourth-order valence-electron chi connectivity index (χ4n) is 13.5. The molecule has 11 nitrogen and oxygen atoms in total. The molecule has 6 fully saturated rings. The number of aliphatic hydroxyl groups is 5. The summed E-state index contributed by atoms with van der Waals surface area (Å²) < 4.78 is 24.3. The summed E-state index contributed by atoms with van der Waals surface area (Å²) in [5.41, 5.74) is 0.723. The van der Waals surface area contributed by atoms with Crippen LogP contribution in [0, 0.1) is 57.2 Å². The van der Waals surface area contributed by atoms with Crippen LogP contribution in [0.15, 0.2) is 11.6 Å². The molecule has 2 saturated heterocycles. The van der Waals surface area contributed by atoms with Gasteiger partial charge in [0.2, 0.25) is 0 Å². The molecule has 6 N–H and O–H groups in total. The number of carboxylic acids is 1. The first-order valence-corrected chi connectivity index (χ1v) is 20.2. The molecule has 0 spiro atoms. The average Bonchev–Trinajstić information content (AvgIpc) is 3.08. The van der Waals surface area contributed by atoms with E-state index in [0.29, 0.717) is 29.6 Å². The van der Waals surface area contributed by atoms with Gasteiger partial charge in [-0.05, 0) is 123 Å². The van der Waals surface area contributed by atoms with Crippen molar-refractivity contribution in [1.29, 1.82) is 0 Å². The Hall–Kier alpha value is -1.15. The zero-order valence-corrected chi connectivity index (χ0v) is 32.5. The van der Waals surface area contributed by atoms with E-state index < -0.39 is 72.8 Å². The molecule has 296 valence electrons. The second kappa shape index (κ2) is 13.5. The Labute approximate surface area is 309 Å². The van der Waals surface area contributed by atoms with Gasteiger partial charge in [-0.15, -0.1) is 0 Å². The normalized spacial score (nSPS) is 55.9. The molecule has 11 heteroatoms. The van der Waals surface area contributed by atoms with Gasteiger partial charge in [0, 0.05) is 0 Å². The molecule has 20 atom stereocenters. The third-order valence-electron chi connectivity index (χ3n) is 16.7. The third-order valence-corrected chi connectivity index (χ3v) is 16.7. The minimum absolute atomic E-state index is 0.0546. The number of carboxylic acid groups (broad SMARTS) is 1. The van der Waals surface area contributed by atoms with E-state index in [2.05, 4.69) is 47.6 Å². The maximum atomic E-state index is 13.0. The van der Waals surface area contributed by atoms with Crippen LogP contribution in [0.1, 0.15) is 113 Å². The van der Waals surface area contributed by atoms with Crippen molar-refractivity contribution in [2.75, 3.05) is 0 Å². The summed E-state index contributed by atoms with van der Waals surface area (Å²) in [6.45, 7) is 17.4. The van der Waals surface area contributed by atoms with Crippen LogP contribution in [0.2, 0.25) is 0 Å². The van der Waals surface area contributed by atoms with E-state index in [9.17, 15) is 35.4 Å². The van der Waals surface area contributed by atoms with Crippen LogP contribution in [0.4, 0.5) is 0 Å². The number of hydrogen-bond donors (Lipinski definition) is 6. The van der Waals surface area contributed by atoms with E-state index in [1.54, 1.807) is 13.8 Å². The summed E-state index contributed by atoms with van der Waals surface area (Å²) in [5.74, 6) is 1.63. The van der Waals surface area contributed by atoms with Crippen molar-refractivity contribution in [2.45, 2.75) is 181 Å². The van der Waals surface area contributed by atoms with Gasteiger partial charge in [0.15, 0.2) is 12.6 Å². The van der Waals surface area contributed by atoms with Crippen molar-refractivity contribution in [2.24, 2.45) is 57.2 Å². The second-order valence-corrected chi connectivity index (χ2v) is 19.5. The molecular formula is C41H66O11. The van der Waals surface area contributed by atoms with Crippen LogP contribution in [0.3, 0.4) is 0 Å². The molecule has 0 amide bonds. The van der Waals surface area contributed by atoms with Gasteiger partial charge in [-0.3, -0.25) is 4.79 Å². The molecule has 5 aliphatic carbocycles.